The molecule has 0 spiro atoms. The molecule has 3 heterocycles. The number of methoxy groups -OCH3 is 1. The Kier molecular flexibility index (Phi) is 5.53. The van der Waals surface area contributed by atoms with Gasteiger partial charge in [-0.15, -0.1) is 0 Å². The SMILES string of the molecule is COc1ccc(NC(=O)C2CCN(c3cnc4nc(C)c(C)nc4c3)CC2)c(C)c1. The Morgan fingerprint density at radius 3 is 2.53 bits per heavy atom. The van der Waals surface area contributed by atoms with Gasteiger partial charge in [-0.2, -0.15) is 0 Å². The van der Waals surface area contributed by atoms with Gasteiger partial charge < -0.3 is 15.0 Å². The van der Waals surface area contributed by atoms with Crippen LogP contribution in [0.1, 0.15) is 29.8 Å². The van der Waals surface area contributed by atoms with Crippen LogP contribution < -0.4 is 15.0 Å². The van der Waals surface area contributed by atoms with Gasteiger partial charge in [-0.3, -0.25) is 4.79 Å². The number of carbonyl (C=O) groups is 1. The Bertz CT molecular complexity index is 1090. The van der Waals surface area contributed by atoms with Gasteiger partial charge in [0.15, 0.2) is 5.65 Å². The second-order valence-corrected chi connectivity index (χ2v) is 7.86. The maximum absolute atomic E-state index is 12.8. The molecule has 1 amide bonds. The molecule has 1 aliphatic heterocycles. The number of benzene rings is 1. The summed E-state index contributed by atoms with van der Waals surface area (Å²) in [6.45, 7) is 7.50. The zero-order valence-electron chi connectivity index (χ0n) is 17.9. The number of aryl methyl sites for hydroxylation is 3. The van der Waals surface area contributed by atoms with Crippen molar-refractivity contribution in [2.45, 2.75) is 33.6 Å². The van der Waals surface area contributed by atoms with E-state index in [4.69, 9.17) is 4.74 Å². The zero-order valence-corrected chi connectivity index (χ0v) is 17.9. The molecule has 1 aliphatic rings. The molecule has 1 fully saturated rings. The van der Waals surface area contributed by atoms with E-state index in [1.807, 2.05) is 51.2 Å². The van der Waals surface area contributed by atoms with E-state index in [1.54, 1.807) is 7.11 Å². The topological polar surface area (TPSA) is 80.2 Å². The van der Waals surface area contributed by atoms with Crippen LogP contribution in [0.2, 0.25) is 0 Å². The van der Waals surface area contributed by atoms with E-state index in [0.29, 0.717) is 5.65 Å². The van der Waals surface area contributed by atoms with Crippen LogP contribution in [-0.4, -0.2) is 41.1 Å². The first-order valence-corrected chi connectivity index (χ1v) is 10.3. The fraction of sp³-hybridized carbons (Fsp3) is 0.391. The number of hydrogen-bond donors (Lipinski definition) is 1. The predicted octanol–water partition coefficient (Wildman–Crippen LogP) is 3.81. The fourth-order valence-electron chi connectivity index (χ4n) is 3.82. The average molecular weight is 406 g/mol. The van der Waals surface area contributed by atoms with Crippen LogP contribution in [0.5, 0.6) is 5.75 Å². The van der Waals surface area contributed by atoms with E-state index >= 15 is 0 Å². The van der Waals surface area contributed by atoms with Crippen LogP contribution in [0.25, 0.3) is 11.2 Å². The molecular weight excluding hydrogens is 378 g/mol. The van der Waals surface area contributed by atoms with Crippen molar-refractivity contribution in [2.75, 3.05) is 30.4 Å². The second kappa shape index (κ2) is 8.26. The lowest BCUT2D eigenvalue weighted by atomic mass is 9.95. The van der Waals surface area contributed by atoms with Crippen molar-refractivity contribution in [3.63, 3.8) is 0 Å². The molecule has 1 saturated heterocycles. The van der Waals surface area contributed by atoms with Crippen LogP contribution in [0.3, 0.4) is 0 Å². The number of anilines is 2. The van der Waals surface area contributed by atoms with Gasteiger partial charge in [-0.1, -0.05) is 0 Å². The zero-order chi connectivity index (χ0) is 21.3. The lowest BCUT2D eigenvalue weighted by Crippen LogP contribution is -2.38. The van der Waals surface area contributed by atoms with Gasteiger partial charge in [0.05, 0.1) is 30.4 Å². The van der Waals surface area contributed by atoms with E-state index in [-0.39, 0.29) is 11.8 Å². The normalized spacial score (nSPS) is 14.7. The molecule has 1 N–H and O–H groups in total. The maximum Gasteiger partial charge on any atom is 0.227 e. The largest absolute Gasteiger partial charge is 0.497 e. The van der Waals surface area contributed by atoms with Crippen LogP contribution in [0.4, 0.5) is 11.4 Å². The first-order valence-electron chi connectivity index (χ1n) is 10.3. The van der Waals surface area contributed by atoms with Crippen LogP contribution >= 0.6 is 0 Å². The molecule has 0 radical (unpaired) electrons. The van der Waals surface area contributed by atoms with E-state index in [0.717, 1.165) is 65.5 Å². The molecule has 4 rings (SSSR count). The summed E-state index contributed by atoms with van der Waals surface area (Å²) < 4.78 is 5.23. The van der Waals surface area contributed by atoms with Crippen molar-refractivity contribution in [3.05, 3.63) is 47.4 Å². The van der Waals surface area contributed by atoms with E-state index in [9.17, 15) is 4.79 Å². The Hall–Kier alpha value is -3.22. The molecule has 0 aliphatic carbocycles. The van der Waals surface area contributed by atoms with Crippen LogP contribution in [-0.2, 0) is 4.79 Å². The summed E-state index contributed by atoms with van der Waals surface area (Å²) in [5.41, 5.74) is 6.17. The quantitative estimate of drug-likeness (QED) is 0.711. The highest BCUT2D eigenvalue weighted by molar-refractivity contribution is 5.93. The van der Waals surface area contributed by atoms with Gasteiger partial charge in [0.1, 0.15) is 11.3 Å². The molecule has 0 unspecified atom stereocenters. The van der Waals surface area contributed by atoms with Gasteiger partial charge in [-0.05, 0) is 63.4 Å². The number of amides is 1. The Morgan fingerprint density at radius 1 is 1.10 bits per heavy atom. The summed E-state index contributed by atoms with van der Waals surface area (Å²) in [7, 11) is 1.64. The van der Waals surface area contributed by atoms with Gasteiger partial charge in [0, 0.05) is 24.7 Å². The summed E-state index contributed by atoms with van der Waals surface area (Å²) in [6.07, 6.45) is 3.46. The third-order valence-electron chi connectivity index (χ3n) is 5.84. The van der Waals surface area contributed by atoms with Crippen molar-refractivity contribution in [2.24, 2.45) is 5.92 Å². The average Bonchev–Trinajstić information content (AvgIpc) is 2.75. The Labute approximate surface area is 176 Å². The smallest absolute Gasteiger partial charge is 0.227 e. The van der Waals surface area contributed by atoms with Crippen LogP contribution in [0.15, 0.2) is 30.5 Å². The number of nitrogens with one attached hydrogen (secondary N) is 1. The highest BCUT2D eigenvalue weighted by Crippen LogP contribution is 2.27. The number of pyridine rings is 1. The summed E-state index contributed by atoms with van der Waals surface area (Å²) in [4.78, 5) is 28.6. The summed E-state index contributed by atoms with van der Waals surface area (Å²) in [5.74, 6) is 0.871. The molecule has 156 valence electrons. The van der Waals surface area contributed by atoms with Crippen molar-refractivity contribution < 1.29 is 9.53 Å². The minimum absolute atomic E-state index is 0.000790. The molecule has 7 nitrogen and oxygen atoms in total. The van der Waals surface area contributed by atoms with Gasteiger partial charge in [-0.25, -0.2) is 15.0 Å². The third-order valence-corrected chi connectivity index (χ3v) is 5.84. The lowest BCUT2D eigenvalue weighted by Gasteiger charge is -2.32. The molecule has 1 aromatic carbocycles. The van der Waals surface area contributed by atoms with Crippen molar-refractivity contribution in [1.29, 1.82) is 0 Å². The standard InChI is InChI=1S/C23H27N5O2/c1-14-11-19(30-4)5-6-20(14)27-23(29)17-7-9-28(10-8-17)18-12-21-22(24-13-18)26-16(3)15(2)25-21/h5-6,11-13,17H,7-10H2,1-4H3,(H,27,29). The molecular formula is C23H27N5O2. The Morgan fingerprint density at radius 2 is 1.83 bits per heavy atom. The van der Waals surface area contributed by atoms with E-state index in [1.165, 1.54) is 0 Å². The lowest BCUT2D eigenvalue weighted by molar-refractivity contribution is -0.120. The predicted molar refractivity (Wildman–Crippen MR) is 118 cm³/mol. The first-order chi connectivity index (χ1) is 14.4. The number of aromatic nitrogens is 3. The molecule has 0 atom stereocenters. The first kappa shape index (κ1) is 20.1. The second-order valence-electron chi connectivity index (χ2n) is 7.86. The number of ether oxygens (including phenoxy) is 1. The highest BCUT2D eigenvalue weighted by atomic mass is 16.5. The molecule has 2 aromatic heterocycles. The minimum atomic E-state index is 0.000790. The van der Waals surface area contributed by atoms with Gasteiger partial charge in [0.2, 0.25) is 5.91 Å². The third kappa shape index (κ3) is 4.06. The number of fused-ring (bicyclic) bond motifs is 1. The van der Waals surface area contributed by atoms with Crippen LogP contribution in [0, 0.1) is 26.7 Å². The van der Waals surface area contributed by atoms with Gasteiger partial charge >= 0.3 is 0 Å². The maximum atomic E-state index is 12.8. The summed E-state index contributed by atoms with van der Waals surface area (Å²) in [5, 5.41) is 3.08. The number of rotatable bonds is 4. The van der Waals surface area contributed by atoms with Crippen molar-refractivity contribution in [3.8, 4) is 5.75 Å². The summed E-state index contributed by atoms with van der Waals surface area (Å²) >= 11 is 0. The van der Waals surface area contributed by atoms with Crippen molar-refractivity contribution in [1.82, 2.24) is 15.0 Å². The van der Waals surface area contributed by atoms with Crippen molar-refractivity contribution >= 4 is 28.4 Å². The monoisotopic (exact) mass is 405 g/mol. The molecule has 0 bridgehead atoms. The number of hydrogen-bond acceptors (Lipinski definition) is 6. The van der Waals surface area contributed by atoms with E-state index in [2.05, 4.69) is 25.2 Å². The molecule has 3 aromatic rings. The minimum Gasteiger partial charge on any atom is -0.497 e. The Balaban J connectivity index is 1.40. The number of carbonyl (C=O) groups excluding carboxylic acids is 1. The summed E-state index contributed by atoms with van der Waals surface area (Å²) in [6, 6.07) is 7.73. The number of piperidine rings is 1. The van der Waals surface area contributed by atoms with Gasteiger partial charge in [0.25, 0.3) is 0 Å². The fourth-order valence-corrected chi connectivity index (χ4v) is 3.82. The molecule has 0 saturated carbocycles. The highest BCUT2D eigenvalue weighted by Gasteiger charge is 2.26. The molecule has 7 heteroatoms. The van der Waals surface area contributed by atoms with E-state index < -0.39 is 0 Å². The molecule has 30 heavy (non-hydrogen) atoms. The number of nitrogens with zero attached hydrogens (tertiary/aromatic N) is 4.